The maximum Gasteiger partial charge on any atom is 0.176 e. The molecule has 0 aliphatic rings. The van der Waals surface area contributed by atoms with E-state index in [1.54, 1.807) is 6.92 Å². The van der Waals surface area contributed by atoms with Crippen molar-refractivity contribution in [2.45, 2.75) is 6.92 Å². The average molecular weight is 319 g/mol. The Bertz CT molecular complexity index is 693. The molecule has 3 nitrogen and oxygen atoms in total. The Balaban J connectivity index is 2.76. The van der Waals surface area contributed by atoms with Crippen molar-refractivity contribution < 1.29 is 13.5 Å². The summed E-state index contributed by atoms with van der Waals surface area (Å²) in [6.45, 7) is 1.55. The number of ether oxygens (including phenoxy) is 1. The van der Waals surface area contributed by atoms with E-state index in [9.17, 15) is 8.78 Å². The standard InChI is InChI=1S/C13H10Cl2F2N2O/c1-5-8(15)11(18)10(17)12(19-5)6-3-4-7(14)13(20-2)9(6)16/h3-4H,1-2H3,(H2,18,19). The molecule has 1 aromatic heterocycles. The molecule has 0 unspecified atom stereocenters. The fourth-order valence-electron chi connectivity index (χ4n) is 1.77. The minimum absolute atomic E-state index is 0.00702. The second-order valence-corrected chi connectivity index (χ2v) is 4.81. The third-order valence-electron chi connectivity index (χ3n) is 2.79. The number of pyridine rings is 1. The fraction of sp³-hybridized carbons (Fsp3) is 0.154. The number of aryl methyl sites for hydroxylation is 1. The van der Waals surface area contributed by atoms with Crippen LogP contribution in [0.15, 0.2) is 12.1 Å². The van der Waals surface area contributed by atoms with E-state index in [0.29, 0.717) is 5.69 Å². The maximum atomic E-state index is 14.3. The van der Waals surface area contributed by atoms with Gasteiger partial charge in [-0.05, 0) is 19.1 Å². The lowest BCUT2D eigenvalue weighted by Crippen LogP contribution is -2.03. The van der Waals surface area contributed by atoms with Crippen molar-refractivity contribution in [2.75, 3.05) is 12.8 Å². The van der Waals surface area contributed by atoms with E-state index in [1.165, 1.54) is 19.2 Å². The number of methoxy groups -OCH3 is 1. The highest BCUT2D eigenvalue weighted by atomic mass is 35.5. The quantitative estimate of drug-likeness (QED) is 0.901. The van der Waals surface area contributed by atoms with Gasteiger partial charge in [0.05, 0.1) is 28.5 Å². The van der Waals surface area contributed by atoms with Gasteiger partial charge in [-0.2, -0.15) is 0 Å². The van der Waals surface area contributed by atoms with Gasteiger partial charge in [0.1, 0.15) is 5.69 Å². The van der Waals surface area contributed by atoms with Gasteiger partial charge < -0.3 is 10.5 Å². The minimum atomic E-state index is -0.885. The lowest BCUT2D eigenvalue weighted by molar-refractivity contribution is 0.387. The Labute approximate surface area is 124 Å². The largest absolute Gasteiger partial charge is 0.492 e. The monoisotopic (exact) mass is 318 g/mol. The number of hydrogen-bond donors (Lipinski definition) is 1. The molecule has 2 aromatic rings. The van der Waals surface area contributed by atoms with Gasteiger partial charge in [0.2, 0.25) is 0 Å². The summed E-state index contributed by atoms with van der Waals surface area (Å²) in [6, 6.07) is 2.69. The molecule has 0 saturated heterocycles. The van der Waals surface area contributed by atoms with Gasteiger partial charge in [0, 0.05) is 5.56 Å². The summed E-state index contributed by atoms with van der Waals surface area (Å²) < 4.78 is 33.3. The zero-order valence-electron chi connectivity index (χ0n) is 10.6. The lowest BCUT2D eigenvalue weighted by Gasteiger charge is -2.12. The van der Waals surface area contributed by atoms with Crippen molar-refractivity contribution in [1.82, 2.24) is 4.98 Å². The average Bonchev–Trinajstić information content (AvgIpc) is 2.42. The molecule has 7 heteroatoms. The summed E-state index contributed by atoms with van der Waals surface area (Å²) in [4.78, 5) is 3.94. The minimum Gasteiger partial charge on any atom is -0.492 e. The summed E-state index contributed by atoms with van der Waals surface area (Å²) in [7, 11) is 1.26. The maximum absolute atomic E-state index is 14.3. The van der Waals surface area contributed by atoms with Crippen molar-refractivity contribution in [1.29, 1.82) is 0 Å². The Morgan fingerprint density at radius 1 is 1.20 bits per heavy atom. The van der Waals surface area contributed by atoms with Crippen LogP contribution in [0.2, 0.25) is 10.0 Å². The Hall–Kier alpha value is -1.59. The molecule has 20 heavy (non-hydrogen) atoms. The predicted molar refractivity (Wildman–Crippen MR) is 75.3 cm³/mol. The van der Waals surface area contributed by atoms with Crippen molar-refractivity contribution in [3.05, 3.63) is 39.5 Å². The normalized spacial score (nSPS) is 10.7. The highest BCUT2D eigenvalue weighted by Gasteiger charge is 2.21. The van der Waals surface area contributed by atoms with Crippen molar-refractivity contribution in [3.8, 4) is 17.0 Å². The molecular weight excluding hydrogens is 309 g/mol. The molecule has 0 aliphatic heterocycles. The number of hydrogen-bond acceptors (Lipinski definition) is 3. The second kappa shape index (κ2) is 5.42. The Kier molecular flexibility index (Phi) is 4.01. The molecule has 0 bridgehead atoms. The summed E-state index contributed by atoms with van der Waals surface area (Å²) in [5, 5.41) is 0.0837. The van der Waals surface area contributed by atoms with Crippen LogP contribution < -0.4 is 10.5 Å². The van der Waals surface area contributed by atoms with Crippen molar-refractivity contribution in [3.63, 3.8) is 0 Å². The Morgan fingerprint density at radius 3 is 2.45 bits per heavy atom. The molecule has 0 amide bonds. The van der Waals surface area contributed by atoms with Crippen molar-refractivity contribution >= 4 is 28.9 Å². The van der Waals surface area contributed by atoms with E-state index < -0.39 is 11.6 Å². The number of benzene rings is 1. The van der Waals surface area contributed by atoms with Crippen LogP contribution >= 0.6 is 23.2 Å². The molecule has 0 spiro atoms. The molecule has 2 rings (SSSR count). The topological polar surface area (TPSA) is 48.1 Å². The fourth-order valence-corrected chi connectivity index (χ4v) is 2.11. The molecule has 1 aromatic carbocycles. The molecule has 0 aliphatic carbocycles. The van der Waals surface area contributed by atoms with E-state index in [1.807, 2.05) is 0 Å². The smallest absolute Gasteiger partial charge is 0.176 e. The molecule has 0 fully saturated rings. The number of halogens is 4. The zero-order valence-corrected chi connectivity index (χ0v) is 12.1. The van der Waals surface area contributed by atoms with E-state index in [-0.39, 0.29) is 32.7 Å². The predicted octanol–water partition coefficient (Wildman–Crippen LogP) is 4.23. The number of aromatic nitrogens is 1. The first-order chi connectivity index (χ1) is 9.38. The molecule has 0 atom stereocenters. The van der Waals surface area contributed by atoms with E-state index >= 15 is 0 Å². The second-order valence-electron chi connectivity index (χ2n) is 4.03. The third kappa shape index (κ3) is 2.27. The van der Waals surface area contributed by atoms with Gasteiger partial charge in [0.25, 0.3) is 0 Å². The summed E-state index contributed by atoms with van der Waals surface area (Å²) >= 11 is 11.6. The first-order valence-corrected chi connectivity index (χ1v) is 6.27. The molecule has 1 heterocycles. The summed E-state index contributed by atoms with van der Waals surface area (Å²) in [5.41, 5.74) is 5.23. The number of anilines is 1. The first-order valence-electron chi connectivity index (χ1n) is 5.51. The third-order valence-corrected chi connectivity index (χ3v) is 3.56. The van der Waals surface area contributed by atoms with Crippen LogP contribution in [0.3, 0.4) is 0 Å². The van der Waals surface area contributed by atoms with Gasteiger partial charge in [-0.25, -0.2) is 13.8 Å². The first kappa shape index (κ1) is 14.8. The van der Waals surface area contributed by atoms with Crippen LogP contribution in [0.5, 0.6) is 5.75 Å². The van der Waals surface area contributed by atoms with Crippen LogP contribution in [-0.2, 0) is 0 Å². The molecule has 0 saturated carbocycles. The number of nitrogens with zero attached hydrogens (tertiary/aromatic N) is 1. The molecule has 0 radical (unpaired) electrons. The lowest BCUT2D eigenvalue weighted by atomic mass is 10.1. The number of rotatable bonds is 2. The highest BCUT2D eigenvalue weighted by Crippen LogP contribution is 2.37. The van der Waals surface area contributed by atoms with Gasteiger partial charge in [-0.3, -0.25) is 0 Å². The van der Waals surface area contributed by atoms with Crippen molar-refractivity contribution in [2.24, 2.45) is 0 Å². The Morgan fingerprint density at radius 2 is 1.85 bits per heavy atom. The van der Waals surface area contributed by atoms with Gasteiger partial charge in [-0.15, -0.1) is 0 Å². The van der Waals surface area contributed by atoms with E-state index in [0.717, 1.165) is 0 Å². The molecule has 106 valence electrons. The number of nitrogen functional groups attached to an aromatic ring is 1. The van der Waals surface area contributed by atoms with E-state index in [2.05, 4.69) is 4.98 Å². The SMILES string of the molecule is COc1c(Cl)ccc(-c2nc(C)c(Cl)c(N)c2F)c1F. The van der Waals surface area contributed by atoms with Gasteiger partial charge in [-0.1, -0.05) is 23.2 Å². The van der Waals surface area contributed by atoms with Crippen LogP contribution in [0.4, 0.5) is 14.5 Å². The van der Waals surface area contributed by atoms with E-state index in [4.69, 9.17) is 33.7 Å². The summed E-state index contributed by atoms with van der Waals surface area (Å²) in [6.07, 6.45) is 0. The van der Waals surface area contributed by atoms with Crippen LogP contribution in [0.1, 0.15) is 5.69 Å². The zero-order chi connectivity index (χ0) is 15.0. The van der Waals surface area contributed by atoms with Gasteiger partial charge in [0.15, 0.2) is 17.4 Å². The highest BCUT2D eigenvalue weighted by molar-refractivity contribution is 6.33. The van der Waals surface area contributed by atoms with Gasteiger partial charge >= 0.3 is 0 Å². The summed E-state index contributed by atoms with van der Waals surface area (Å²) in [5.74, 6) is -1.88. The van der Waals surface area contributed by atoms with Crippen LogP contribution in [0, 0.1) is 18.6 Å². The molecular formula is C13H10Cl2F2N2O. The van der Waals surface area contributed by atoms with Crippen LogP contribution in [0.25, 0.3) is 11.3 Å². The number of nitrogens with two attached hydrogens (primary N) is 1. The van der Waals surface area contributed by atoms with Crippen LogP contribution in [-0.4, -0.2) is 12.1 Å². The molecule has 2 N–H and O–H groups in total.